The van der Waals surface area contributed by atoms with Gasteiger partial charge in [0, 0.05) is 0 Å². The third-order valence-corrected chi connectivity index (χ3v) is 2.93. The van der Waals surface area contributed by atoms with Crippen LogP contribution in [0.25, 0.3) is 0 Å². The van der Waals surface area contributed by atoms with Crippen LogP contribution in [0.2, 0.25) is 0 Å². The van der Waals surface area contributed by atoms with Crippen molar-refractivity contribution in [3.63, 3.8) is 0 Å². The van der Waals surface area contributed by atoms with E-state index in [9.17, 15) is 8.42 Å². The molecule has 0 radical (unpaired) electrons. The van der Waals surface area contributed by atoms with E-state index in [4.69, 9.17) is 9.66 Å². The Morgan fingerprint density at radius 2 is 1.85 bits per heavy atom. The van der Waals surface area contributed by atoms with Gasteiger partial charge in [-0.25, -0.2) is 0 Å². The van der Waals surface area contributed by atoms with Gasteiger partial charge in [0.05, 0.1) is 8.47 Å². The molecule has 68 valence electrons. The van der Waals surface area contributed by atoms with Gasteiger partial charge >= 0.3 is 29.6 Å². The molecule has 0 bridgehead atoms. The van der Waals surface area contributed by atoms with Gasteiger partial charge in [-0.15, -0.1) is 0 Å². The number of hydrogen-bond acceptors (Lipinski definition) is 3. The Morgan fingerprint density at radius 3 is 2.23 bits per heavy atom. The second-order valence-corrected chi connectivity index (χ2v) is 4.67. The first-order chi connectivity index (χ1) is 5.41. The van der Waals surface area contributed by atoms with Crippen molar-refractivity contribution in [2.45, 2.75) is 4.90 Å². The molecule has 13 heavy (non-hydrogen) atoms. The number of halogens is 1. The summed E-state index contributed by atoms with van der Waals surface area (Å²) < 4.78 is 30.1. The molecule has 0 spiro atoms. The third-order valence-electron chi connectivity index (χ3n) is 1.22. The van der Waals surface area contributed by atoms with Crippen molar-refractivity contribution < 1.29 is 18.1 Å². The summed E-state index contributed by atoms with van der Waals surface area (Å²) in [6.07, 6.45) is 0. The summed E-state index contributed by atoms with van der Waals surface area (Å²) in [6.45, 7) is 0. The molecule has 0 aliphatic rings. The van der Waals surface area contributed by atoms with Crippen molar-refractivity contribution in [1.82, 2.24) is 0 Å². The normalized spacial score (nSPS) is 10.6. The fraction of sp³-hybridized carbons (Fsp3) is 0. The van der Waals surface area contributed by atoms with Crippen LogP contribution in [0.3, 0.4) is 0 Å². The Labute approximate surface area is 112 Å². The molecule has 0 saturated carbocycles. The predicted molar refractivity (Wildman–Crippen MR) is 57.8 cm³/mol. The van der Waals surface area contributed by atoms with E-state index in [0.717, 1.165) is 6.07 Å². The minimum absolute atomic E-state index is 0. The summed E-state index contributed by atoms with van der Waals surface area (Å²) in [4.78, 5) is -0.218. The maximum atomic E-state index is 10.6. The van der Waals surface area contributed by atoms with Crippen LogP contribution in [0, 0.1) is 3.57 Å². The molecule has 2 N–H and O–H groups in total. The van der Waals surface area contributed by atoms with Crippen LogP contribution in [0.5, 0.6) is 5.75 Å². The molecule has 0 aliphatic heterocycles. The van der Waals surface area contributed by atoms with Crippen LogP contribution in [0.4, 0.5) is 0 Å². The summed E-state index contributed by atoms with van der Waals surface area (Å²) in [5.41, 5.74) is 0. The third kappa shape index (κ3) is 3.72. The van der Waals surface area contributed by atoms with Crippen LogP contribution >= 0.6 is 22.6 Å². The van der Waals surface area contributed by atoms with Gasteiger partial charge in [-0.1, -0.05) is 0 Å². The summed E-state index contributed by atoms with van der Waals surface area (Å²) in [6, 6.07) is 3.53. The van der Waals surface area contributed by atoms with Crippen molar-refractivity contribution in [3.8, 4) is 5.75 Å². The Kier molecular flexibility index (Phi) is 5.19. The predicted octanol–water partition coefficient (Wildman–Crippen LogP) is 0.595. The van der Waals surface area contributed by atoms with E-state index < -0.39 is 10.1 Å². The Hall–Kier alpha value is 0.660. The van der Waals surface area contributed by atoms with Gasteiger partial charge in [-0.2, -0.15) is 8.42 Å². The molecule has 0 unspecified atom stereocenters. The van der Waals surface area contributed by atoms with Gasteiger partial charge in [-0.05, 0) is 40.8 Å². The maximum absolute atomic E-state index is 10.6. The van der Waals surface area contributed by atoms with Crippen LogP contribution in [-0.2, 0) is 10.1 Å². The molecule has 4 nitrogen and oxygen atoms in total. The molecule has 0 fully saturated rings. The van der Waals surface area contributed by atoms with Crippen LogP contribution < -0.4 is 0 Å². The average Bonchev–Trinajstić information content (AvgIpc) is 1.92. The Balaban J connectivity index is 0.00000144. The fourth-order valence-electron chi connectivity index (χ4n) is 0.648. The molecular formula is C6H6INaO4S. The number of phenolic OH excluding ortho intramolecular Hbond substituents is 1. The topological polar surface area (TPSA) is 74.6 Å². The molecule has 0 aromatic heterocycles. The molecule has 0 aliphatic carbocycles. The summed E-state index contributed by atoms with van der Waals surface area (Å²) in [5.74, 6) is -0.0111. The van der Waals surface area contributed by atoms with E-state index in [1.807, 2.05) is 0 Å². The first-order valence-electron chi connectivity index (χ1n) is 2.87. The summed E-state index contributed by atoms with van der Waals surface area (Å²) >= 11 is 1.76. The minimum atomic E-state index is -4.16. The van der Waals surface area contributed by atoms with Crippen LogP contribution in [0.1, 0.15) is 0 Å². The first-order valence-corrected chi connectivity index (χ1v) is 5.39. The molecule has 0 heterocycles. The average molecular weight is 324 g/mol. The van der Waals surface area contributed by atoms with Gasteiger partial charge in [0.2, 0.25) is 0 Å². The number of aromatic hydroxyl groups is 1. The Bertz CT molecular complexity index is 403. The van der Waals surface area contributed by atoms with Gasteiger partial charge in [-0.3, -0.25) is 4.55 Å². The Morgan fingerprint density at radius 1 is 1.31 bits per heavy atom. The van der Waals surface area contributed by atoms with E-state index in [0.29, 0.717) is 3.57 Å². The second-order valence-electron chi connectivity index (χ2n) is 2.09. The zero-order valence-electron chi connectivity index (χ0n) is 5.73. The SMILES string of the molecule is O=S(=O)(O)c1ccc(O)c(I)c1.[NaH]. The van der Waals surface area contributed by atoms with Crippen molar-refractivity contribution in [2.24, 2.45) is 0 Å². The van der Waals surface area contributed by atoms with Gasteiger partial charge in [0.1, 0.15) is 5.75 Å². The molecular weight excluding hydrogens is 318 g/mol. The molecule has 7 heteroatoms. The fourth-order valence-corrected chi connectivity index (χ4v) is 1.88. The molecule has 1 aromatic carbocycles. The van der Waals surface area contributed by atoms with Crippen LogP contribution in [-0.4, -0.2) is 47.6 Å². The summed E-state index contributed by atoms with van der Waals surface area (Å²) in [7, 11) is -4.16. The van der Waals surface area contributed by atoms with Gasteiger partial charge < -0.3 is 5.11 Å². The zero-order valence-corrected chi connectivity index (χ0v) is 8.70. The van der Waals surface area contributed by atoms with Crippen molar-refractivity contribution in [3.05, 3.63) is 21.8 Å². The zero-order chi connectivity index (χ0) is 9.35. The van der Waals surface area contributed by atoms with Crippen molar-refractivity contribution in [2.75, 3.05) is 0 Å². The molecule has 1 aromatic rings. The van der Waals surface area contributed by atoms with Gasteiger partial charge in [0.25, 0.3) is 10.1 Å². The molecule has 0 saturated heterocycles. The van der Waals surface area contributed by atoms with E-state index >= 15 is 0 Å². The number of hydrogen-bond donors (Lipinski definition) is 2. The molecule has 0 amide bonds. The monoisotopic (exact) mass is 324 g/mol. The number of benzene rings is 1. The summed E-state index contributed by atoms with van der Waals surface area (Å²) in [5, 5.41) is 9.03. The van der Waals surface area contributed by atoms with E-state index in [2.05, 4.69) is 0 Å². The van der Waals surface area contributed by atoms with E-state index in [1.165, 1.54) is 12.1 Å². The number of phenols is 1. The quantitative estimate of drug-likeness (QED) is 0.451. The van der Waals surface area contributed by atoms with Crippen molar-refractivity contribution in [1.29, 1.82) is 0 Å². The molecule has 0 atom stereocenters. The van der Waals surface area contributed by atoms with Crippen molar-refractivity contribution >= 4 is 62.3 Å². The van der Waals surface area contributed by atoms with E-state index in [-0.39, 0.29) is 40.2 Å². The van der Waals surface area contributed by atoms with Crippen LogP contribution in [0.15, 0.2) is 23.1 Å². The first kappa shape index (κ1) is 13.7. The van der Waals surface area contributed by atoms with Gasteiger partial charge in [0.15, 0.2) is 0 Å². The molecule has 1 rings (SSSR count). The second kappa shape index (κ2) is 4.94. The standard InChI is InChI=1S/C6H5IO4S.Na.H/c7-5-3-4(12(9,10)11)1-2-6(5)8;;/h1-3,8H,(H,9,10,11);;. The number of rotatable bonds is 1. The van der Waals surface area contributed by atoms with E-state index in [1.54, 1.807) is 22.6 Å².